The lowest BCUT2D eigenvalue weighted by molar-refractivity contribution is -0.167. The summed E-state index contributed by atoms with van der Waals surface area (Å²) in [6, 6.07) is 0. The average molecular weight is 1050 g/mol. The Morgan fingerprint density at radius 1 is 0.324 bits per heavy atom. The van der Waals surface area contributed by atoms with Crippen molar-refractivity contribution in [1.82, 2.24) is 10.2 Å². The van der Waals surface area contributed by atoms with Crippen molar-refractivity contribution < 1.29 is 28.6 Å². The molecule has 0 aliphatic carbocycles. The van der Waals surface area contributed by atoms with Crippen molar-refractivity contribution in [3.63, 3.8) is 0 Å². The topological polar surface area (TPSA) is 94.2 Å². The Labute approximate surface area is 463 Å². The highest BCUT2D eigenvalue weighted by atomic mass is 16.6. The minimum Gasteiger partial charge on any atom is -0.462 e. The number of nitrogens with one attached hydrogen (secondary N) is 1. The molecular formula is C66H132N2O6. The van der Waals surface area contributed by atoms with E-state index in [0.717, 1.165) is 77.5 Å². The molecule has 0 radical (unpaired) electrons. The van der Waals surface area contributed by atoms with Gasteiger partial charge in [-0.05, 0) is 45.8 Å². The van der Waals surface area contributed by atoms with Crippen LogP contribution in [0.15, 0.2) is 0 Å². The third-order valence-corrected chi connectivity index (χ3v) is 15.0. The van der Waals surface area contributed by atoms with Gasteiger partial charge in [0, 0.05) is 25.9 Å². The van der Waals surface area contributed by atoms with Crippen LogP contribution in [0, 0.1) is 0 Å². The molecule has 0 fully saturated rings. The van der Waals surface area contributed by atoms with Crippen LogP contribution in [0.1, 0.15) is 362 Å². The Balaban J connectivity index is 0. The number of carbonyl (C=O) groups excluding carboxylic acids is 3. The number of unbranched alkanes of at least 4 members (excludes halogenated alkanes) is 44. The van der Waals surface area contributed by atoms with Gasteiger partial charge in [-0.3, -0.25) is 19.3 Å². The van der Waals surface area contributed by atoms with Crippen molar-refractivity contribution in [3.05, 3.63) is 0 Å². The van der Waals surface area contributed by atoms with Crippen LogP contribution in [0.25, 0.3) is 0 Å². The largest absolute Gasteiger partial charge is 0.462 e. The van der Waals surface area contributed by atoms with E-state index in [1.807, 2.05) is 0 Å². The van der Waals surface area contributed by atoms with E-state index in [9.17, 15) is 14.4 Å². The monoisotopic (exact) mass is 1050 g/mol. The summed E-state index contributed by atoms with van der Waals surface area (Å²) in [7, 11) is 2.13. The third-order valence-electron chi connectivity index (χ3n) is 15.0. The number of hydrogen-bond acceptors (Lipinski definition) is 8. The molecule has 0 saturated heterocycles. The average Bonchev–Trinajstić information content (AvgIpc) is 3.40. The van der Waals surface area contributed by atoms with Gasteiger partial charge in [0.15, 0.2) is 6.10 Å². The van der Waals surface area contributed by atoms with Crippen LogP contribution in [0.2, 0.25) is 0 Å². The molecule has 1 N–H and O–H groups in total. The van der Waals surface area contributed by atoms with Gasteiger partial charge in [0.2, 0.25) is 0 Å². The second-order valence-electron chi connectivity index (χ2n) is 22.6. The van der Waals surface area contributed by atoms with Crippen LogP contribution in [-0.4, -0.2) is 68.9 Å². The van der Waals surface area contributed by atoms with E-state index in [4.69, 9.17) is 14.2 Å². The van der Waals surface area contributed by atoms with Crippen LogP contribution in [0.3, 0.4) is 0 Å². The molecule has 0 atom stereocenters. The van der Waals surface area contributed by atoms with Gasteiger partial charge in [0.1, 0.15) is 13.2 Å². The molecule has 74 heavy (non-hydrogen) atoms. The lowest BCUT2D eigenvalue weighted by Gasteiger charge is -2.18. The fourth-order valence-electron chi connectivity index (χ4n) is 9.68. The summed E-state index contributed by atoms with van der Waals surface area (Å²) in [5, 5.41) is 3.40. The number of hydrogen-bond donors (Lipinski definition) is 1. The molecule has 0 rings (SSSR count). The second-order valence-corrected chi connectivity index (χ2v) is 22.6. The number of esters is 3. The Morgan fingerprint density at radius 2 is 0.554 bits per heavy atom. The van der Waals surface area contributed by atoms with Crippen LogP contribution in [-0.2, 0) is 28.6 Å². The molecule has 0 spiro atoms. The van der Waals surface area contributed by atoms with Crippen LogP contribution in [0.4, 0.5) is 0 Å². The molecule has 0 heterocycles. The first-order valence-electron chi connectivity index (χ1n) is 33.2. The third kappa shape index (κ3) is 64.6. The number of rotatable bonds is 60. The predicted molar refractivity (Wildman–Crippen MR) is 321 cm³/mol. The summed E-state index contributed by atoms with van der Waals surface area (Å²) in [5.41, 5.74) is 0. The lowest BCUT2D eigenvalue weighted by Crippen LogP contribution is -2.31. The van der Waals surface area contributed by atoms with Crippen LogP contribution < -0.4 is 5.32 Å². The normalized spacial score (nSPS) is 11.4. The second kappa shape index (κ2) is 65.6. The van der Waals surface area contributed by atoms with Crippen LogP contribution >= 0.6 is 0 Å². The lowest BCUT2D eigenvalue weighted by atomic mass is 10.0. The molecule has 0 bridgehead atoms. The van der Waals surface area contributed by atoms with E-state index in [-0.39, 0.29) is 31.1 Å². The Morgan fingerprint density at radius 3 is 0.811 bits per heavy atom. The number of ether oxygens (including phenoxy) is 3. The molecule has 0 aromatic heterocycles. The highest BCUT2D eigenvalue weighted by Crippen LogP contribution is 2.18. The quantitative estimate of drug-likeness (QED) is 0.0279. The van der Waals surface area contributed by atoms with Crippen LogP contribution in [0.5, 0.6) is 0 Å². The molecule has 0 amide bonds. The van der Waals surface area contributed by atoms with E-state index in [0.29, 0.717) is 19.3 Å². The molecule has 0 aromatic rings. The summed E-state index contributed by atoms with van der Waals surface area (Å²) in [6.45, 7) is 14.4. The van der Waals surface area contributed by atoms with E-state index in [1.165, 1.54) is 250 Å². The highest BCUT2D eigenvalue weighted by Gasteiger charge is 2.19. The Bertz CT molecular complexity index is 1050. The fraction of sp³-hybridized carbons (Fsp3) is 0.955. The minimum absolute atomic E-state index is 0.0611. The summed E-state index contributed by atoms with van der Waals surface area (Å²) in [5.74, 6) is -0.832. The SMILES string of the molecule is CCCCCCCCCCCCCCCCCC(=O)OCC(COC(=O)CCCCCCCCCCCCCCCCC)OC(=O)CCCCCCCCCCCCCCCCC.CCCCCNCN(C)CC. The van der Waals surface area contributed by atoms with Gasteiger partial charge >= 0.3 is 17.9 Å². The van der Waals surface area contributed by atoms with Gasteiger partial charge < -0.3 is 19.5 Å². The van der Waals surface area contributed by atoms with Crippen molar-refractivity contribution in [2.24, 2.45) is 0 Å². The van der Waals surface area contributed by atoms with Gasteiger partial charge in [-0.15, -0.1) is 0 Å². The Kier molecular flexibility index (Phi) is 66.0. The molecule has 8 heteroatoms. The molecule has 0 aromatic carbocycles. The van der Waals surface area contributed by atoms with E-state index in [1.54, 1.807) is 0 Å². The highest BCUT2D eigenvalue weighted by molar-refractivity contribution is 5.71. The molecule has 0 aliphatic heterocycles. The summed E-state index contributed by atoms with van der Waals surface area (Å²) >= 11 is 0. The van der Waals surface area contributed by atoms with E-state index < -0.39 is 6.10 Å². The van der Waals surface area contributed by atoms with Crippen molar-refractivity contribution >= 4 is 17.9 Å². The van der Waals surface area contributed by atoms with Crippen molar-refractivity contribution in [3.8, 4) is 0 Å². The van der Waals surface area contributed by atoms with E-state index in [2.05, 4.69) is 51.9 Å². The maximum Gasteiger partial charge on any atom is 0.306 e. The smallest absolute Gasteiger partial charge is 0.306 e. The summed E-state index contributed by atoms with van der Waals surface area (Å²) < 4.78 is 16.9. The van der Waals surface area contributed by atoms with Gasteiger partial charge in [0.25, 0.3) is 0 Å². The summed E-state index contributed by atoms with van der Waals surface area (Å²) in [6.07, 6.45) is 62.0. The zero-order chi connectivity index (χ0) is 54.3. The molecular weight excluding hydrogens is 917 g/mol. The number of nitrogens with zero attached hydrogens (tertiary/aromatic N) is 1. The van der Waals surface area contributed by atoms with Gasteiger partial charge in [-0.2, -0.15) is 0 Å². The molecule has 8 nitrogen and oxygen atoms in total. The van der Waals surface area contributed by atoms with Crippen molar-refractivity contribution in [1.29, 1.82) is 0 Å². The van der Waals surface area contributed by atoms with Gasteiger partial charge in [-0.1, -0.05) is 317 Å². The minimum atomic E-state index is -0.760. The van der Waals surface area contributed by atoms with Gasteiger partial charge in [-0.25, -0.2) is 0 Å². The first-order valence-corrected chi connectivity index (χ1v) is 33.2. The fourth-order valence-corrected chi connectivity index (χ4v) is 9.68. The first kappa shape index (κ1) is 74.4. The number of carbonyl (C=O) groups is 3. The maximum atomic E-state index is 12.8. The maximum absolute atomic E-state index is 12.8. The molecule has 0 saturated carbocycles. The van der Waals surface area contributed by atoms with Crippen molar-refractivity contribution in [2.45, 2.75) is 368 Å². The van der Waals surface area contributed by atoms with E-state index >= 15 is 0 Å². The van der Waals surface area contributed by atoms with Crippen molar-refractivity contribution in [2.75, 3.05) is 40.0 Å². The zero-order valence-corrected chi connectivity index (χ0v) is 51.1. The van der Waals surface area contributed by atoms with Gasteiger partial charge in [0.05, 0.1) is 0 Å². The molecule has 0 aliphatic rings. The zero-order valence-electron chi connectivity index (χ0n) is 51.1. The Hall–Kier alpha value is -1.67. The summed E-state index contributed by atoms with van der Waals surface area (Å²) in [4.78, 5) is 40.4. The molecule has 442 valence electrons. The molecule has 0 unspecified atom stereocenters. The predicted octanol–water partition coefficient (Wildman–Crippen LogP) is 20.4. The standard InChI is InChI=1S/C57H110O6.C9H22N2/c1-4-7-10-13-16-19-22-25-28-31-34-37-40-43-46-49-55(58)61-52-54(63-57(60)51-48-45-42-39-36-33-30-27-24-21-18-15-12-9-6-3)53-62-56(59)50-47-44-41-38-35-32-29-26-23-20-17-14-11-8-5-2;1-4-6-7-8-10-9-11(3)5-2/h54H,4-53H2,1-3H3;10H,4-9H2,1-3H3. The first-order chi connectivity index (χ1) is 36.3.